The highest BCUT2D eigenvalue weighted by atomic mass is 32.1. The predicted molar refractivity (Wildman–Crippen MR) is 96.7 cm³/mol. The Bertz CT molecular complexity index is 1010. The summed E-state index contributed by atoms with van der Waals surface area (Å²) in [4.78, 5) is 16.1. The number of nitrogens with one attached hydrogen (secondary N) is 1. The third kappa shape index (κ3) is 3.10. The molecule has 4 rings (SSSR count). The van der Waals surface area contributed by atoms with Gasteiger partial charge in [0.05, 0.1) is 17.5 Å². The number of carbonyl (C=O) groups excluding carboxylic acids is 1. The molecule has 0 bridgehead atoms. The van der Waals surface area contributed by atoms with Gasteiger partial charge in [0.15, 0.2) is 0 Å². The van der Waals surface area contributed by atoms with Crippen molar-refractivity contribution in [2.45, 2.75) is 12.8 Å². The zero-order valence-corrected chi connectivity index (χ0v) is 14.0. The van der Waals surface area contributed by atoms with Crippen molar-refractivity contribution in [1.29, 1.82) is 5.26 Å². The van der Waals surface area contributed by atoms with Crippen LogP contribution in [0, 0.1) is 11.3 Å². The summed E-state index contributed by atoms with van der Waals surface area (Å²) in [6, 6.07) is 11.6. The Morgan fingerprint density at radius 3 is 3.08 bits per heavy atom. The molecule has 3 heterocycles. The van der Waals surface area contributed by atoms with Crippen LogP contribution in [0.2, 0.25) is 0 Å². The maximum Gasteiger partial charge on any atom is 0.224 e. The zero-order valence-electron chi connectivity index (χ0n) is 13.2. The average molecular weight is 347 g/mol. The number of carbonyl (C=O) groups is 1. The minimum Gasteiger partial charge on any atom is -0.465 e. The smallest absolute Gasteiger partial charge is 0.224 e. The quantitative estimate of drug-likeness (QED) is 0.714. The van der Waals surface area contributed by atoms with E-state index in [0.29, 0.717) is 22.8 Å². The lowest BCUT2D eigenvalue weighted by molar-refractivity contribution is -0.116. The number of rotatable bonds is 3. The first kappa shape index (κ1) is 15.4. The van der Waals surface area contributed by atoms with Gasteiger partial charge in [0.1, 0.15) is 16.8 Å². The van der Waals surface area contributed by atoms with E-state index in [9.17, 15) is 10.1 Å². The molecular formula is C19H13N3O2S. The van der Waals surface area contributed by atoms with Gasteiger partial charge in [-0.1, -0.05) is 6.07 Å². The van der Waals surface area contributed by atoms with Crippen LogP contribution in [-0.2, 0) is 11.2 Å². The van der Waals surface area contributed by atoms with Gasteiger partial charge >= 0.3 is 0 Å². The van der Waals surface area contributed by atoms with E-state index in [0.717, 1.165) is 28.9 Å². The van der Waals surface area contributed by atoms with Gasteiger partial charge in [-0.15, -0.1) is 11.3 Å². The number of nitrogens with zero attached hydrogens (tertiary/aromatic N) is 2. The molecule has 6 heteroatoms. The molecule has 5 nitrogen and oxygen atoms in total. The maximum absolute atomic E-state index is 11.5. The summed E-state index contributed by atoms with van der Waals surface area (Å²) in [5.74, 6) is 0.677. The summed E-state index contributed by atoms with van der Waals surface area (Å²) in [5, 5.41) is 14.9. The average Bonchev–Trinajstić information content (AvgIpc) is 3.31. The van der Waals surface area contributed by atoms with Crippen LogP contribution >= 0.6 is 11.3 Å². The lowest BCUT2D eigenvalue weighted by Crippen LogP contribution is -2.18. The number of fused-ring (bicyclic) bond motifs is 1. The molecule has 0 saturated heterocycles. The van der Waals surface area contributed by atoms with E-state index < -0.39 is 0 Å². The maximum atomic E-state index is 11.5. The van der Waals surface area contributed by atoms with E-state index in [-0.39, 0.29) is 5.91 Å². The van der Waals surface area contributed by atoms with Crippen molar-refractivity contribution in [3.63, 3.8) is 0 Å². The van der Waals surface area contributed by atoms with Crippen molar-refractivity contribution >= 4 is 34.6 Å². The molecule has 0 saturated carbocycles. The highest BCUT2D eigenvalue weighted by Crippen LogP contribution is 2.31. The number of nitriles is 1. The van der Waals surface area contributed by atoms with E-state index in [1.54, 1.807) is 24.5 Å². The highest BCUT2D eigenvalue weighted by molar-refractivity contribution is 7.11. The number of amides is 1. The normalized spacial score (nSPS) is 13.9. The van der Waals surface area contributed by atoms with Crippen molar-refractivity contribution in [3.8, 4) is 17.3 Å². The molecule has 1 aliphatic rings. The number of aromatic nitrogens is 1. The van der Waals surface area contributed by atoms with Crippen LogP contribution in [0.4, 0.5) is 5.69 Å². The number of hydrogen-bond acceptors (Lipinski definition) is 5. The van der Waals surface area contributed by atoms with E-state index in [4.69, 9.17) is 4.42 Å². The molecule has 2 aromatic heterocycles. The second-order valence-corrected chi connectivity index (χ2v) is 6.50. The fourth-order valence-electron chi connectivity index (χ4n) is 2.73. The summed E-state index contributed by atoms with van der Waals surface area (Å²) in [6.45, 7) is 0. The third-order valence-corrected chi connectivity index (χ3v) is 4.86. The van der Waals surface area contributed by atoms with Crippen molar-refractivity contribution < 1.29 is 9.21 Å². The summed E-state index contributed by atoms with van der Waals surface area (Å²) in [6.07, 6.45) is 4.49. The van der Waals surface area contributed by atoms with Gasteiger partial charge in [0.2, 0.25) is 5.91 Å². The highest BCUT2D eigenvalue weighted by Gasteiger charge is 2.16. The van der Waals surface area contributed by atoms with E-state index in [1.165, 1.54) is 11.3 Å². The first-order chi connectivity index (χ1) is 12.2. The molecule has 25 heavy (non-hydrogen) atoms. The lowest BCUT2D eigenvalue weighted by atomic mass is 9.99. The largest absolute Gasteiger partial charge is 0.465 e. The molecule has 3 aromatic rings. The molecule has 0 unspecified atom stereocenters. The molecule has 0 spiro atoms. The summed E-state index contributed by atoms with van der Waals surface area (Å²) >= 11 is 1.42. The third-order valence-electron chi connectivity index (χ3n) is 3.98. The van der Waals surface area contributed by atoms with Gasteiger partial charge in [-0.05, 0) is 36.2 Å². The van der Waals surface area contributed by atoms with E-state index in [1.807, 2.05) is 17.5 Å². The first-order valence-corrected chi connectivity index (χ1v) is 8.65. The summed E-state index contributed by atoms with van der Waals surface area (Å²) in [5.41, 5.74) is 4.24. The Balaban J connectivity index is 1.65. The monoisotopic (exact) mass is 347 g/mol. The zero-order chi connectivity index (χ0) is 17.2. The van der Waals surface area contributed by atoms with Gasteiger partial charge in [-0.25, -0.2) is 4.98 Å². The number of furan rings is 1. The second-order valence-electron chi connectivity index (χ2n) is 5.64. The first-order valence-electron chi connectivity index (χ1n) is 7.77. The fraction of sp³-hybridized carbons (Fsp3) is 0.105. The van der Waals surface area contributed by atoms with Gasteiger partial charge in [-0.3, -0.25) is 4.79 Å². The van der Waals surface area contributed by atoms with Crippen molar-refractivity contribution in [1.82, 2.24) is 4.98 Å². The van der Waals surface area contributed by atoms with Crippen LogP contribution in [0.25, 0.3) is 22.9 Å². The number of benzene rings is 1. The van der Waals surface area contributed by atoms with Crippen LogP contribution in [0.15, 0.2) is 46.4 Å². The minimum absolute atomic E-state index is 0.0536. The Kier molecular flexibility index (Phi) is 3.92. The molecule has 0 radical (unpaired) electrons. The van der Waals surface area contributed by atoms with Crippen LogP contribution in [-0.4, -0.2) is 10.9 Å². The van der Waals surface area contributed by atoms with Crippen LogP contribution in [0.1, 0.15) is 22.8 Å². The summed E-state index contributed by atoms with van der Waals surface area (Å²) in [7, 11) is 0. The number of thiazole rings is 1. The Morgan fingerprint density at radius 1 is 1.36 bits per heavy atom. The fourth-order valence-corrected chi connectivity index (χ4v) is 3.52. The molecule has 1 aromatic carbocycles. The topological polar surface area (TPSA) is 78.9 Å². The van der Waals surface area contributed by atoms with Crippen molar-refractivity contribution in [2.24, 2.45) is 0 Å². The minimum atomic E-state index is 0.0536. The van der Waals surface area contributed by atoms with Gasteiger partial charge in [0, 0.05) is 29.1 Å². The molecule has 0 fully saturated rings. The van der Waals surface area contributed by atoms with Gasteiger partial charge < -0.3 is 9.73 Å². The van der Waals surface area contributed by atoms with Crippen LogP contribution in [0.5, 0.6) is 0 Å². The number of hydrogen-bond donors (Lipinski definition) is 1. The van der Waals surface area contributed by atoms with Crippen LogP contribution < -0.4 is 5.32 Å². The number of anilines is 1. The van der Waals surface area contributed by atoms with Crippen molar-refractivity contribution in [3.05, 3.63) is 58.3 Å². The van der Waals surface area contributed by atoms with Crippen molar-refractivity contribution in [2.75, 3.05) is 5.32 Å². The molecule has 1 N–H and O–H groups in total. The Morgan fingerprint density at radius 2 is 2.28 bits per heavy atom. The summed E-state index contributed by atoms with van der Waals surface area (Å²) < 4.78 is 5.26. The molecule has 1 aliphatic heterocycles. The number of allylic oxidation sites excluding steroid dienone is 1. The Labute approximate surface area is 148 Å². The van der Waals surface area contributed by atoms with Gasteiger partial charge in [-0.2, -0.15) is 5.26 Å². The van der Waals surface area contributed by atoms with Gasteiger partial charge in [0.25, 0.3) is 0 Å². The molecular weight excluding hydrogens is 334 g/mol. The molecule has 0 aliphatic carbocycles. The lowest BCUT2D eigenvalue weighted by Gasteiger charge is -2.17. The second kappa shape index (κ2) is 6.38. The van der Waals surface area contributed by atoms with E-state index in [2.05, 4.69) is 22.4 Å². The predicted octanol–water partition coefficient (Wildman–Crippen LogP) is 4.35. The number of aryl methyl sites for hydroxylation is 1. The standard InChI is InChI=1S/C19H13N3O2S/c20-10-14(9-15-2-1-7-24-15)19-22-17(11-25-19)13-3-5-16-12(8-13)4-6-18(23)21-16/h1-3,5,7-9,11H,4,6H2,(H,21,23)/b14-9+. The molecule has 0 atom stereocenters. The van der Waals surface area contributed by atoms with E-state index >= 15 is 0 Å². The molecule has 1 amide bonds. The van der Waals surface area contributed by atoms with Crippen LogP contribution in [0.3, 0.4) is 0 Å². The Hall–Kier alpha value is -3.17. The molecule has 122 valence electrons. The SMILES string of the molecule is N#C/C(=C\c1ccco1)c1nc(-c2ccc3c(c2)CCC(=O)N3)cs1.